The Bertz CT molecular complexity index is 578. The van der Waals surface area contributed by atoms with Gasteiger partial charge in [0.05, 0.1) is 5.75 Å². The van der Waals surface area contributed by atoms with E-state index in [1.54, 1.807) is 0 Å². The summed E-state index contributed by atoms with van der Waals surface area (Å²) >= 11 is 0. The van der Waals surface area contributed by atoms with E-state index < -0.39 is 10.0 Å². The maximum Gasteiger partial charge on any atom is 0.211 e. The predicted molar refractivity (Wildman–Crippen MR) is 90.3 cm³/mol. The number of sulfonamides is 1. The van der Waals surface area contributed by atoms with E-state index in [4.69, 9.17) is 0 Å². The van der Waals surface area contributed by atoms with Crippen molar-refractivity contribution in [2.45, 2.75) is 57.9 Å². The Morgan fingerprint density at radius 3 is 2.18 bits per heavy atom. The van der Waals surface area contributed by atoms with Gasteiger partial charge in [-0.3, -0.25) is 0 Å². The van der Waals surface area contributed by atoms with Gasteiger partial charge in [0.2, 0.25) is 10.0 Å². The van der Waals surface area contributed by atoms with Gasteiger partial charge in [0.15, 0.2) is 0 Å². The van der Waals surface area contributed by atoms with Crippen molar-refractivity contribution >= 4 is 10.0 Å². The first-order chi connectivity index (χ1) is 10.6. The van der Waals surface area contributed by atoms with Crippen molar-refractivity contribution in [1.29, 1.82) is 0 Å². The molecule has 2 aliphatic carbocycles. The number of hydrogen-bond acceptors (Lipinski definition) is 2. The second-order valence-corrected chi connectivity index (χ2v) is 8.82. The summed E-state index contributed by atoms with van der Waals surface area (Å²) in [6, 6.07) is 8.76. The molecule has 0 aromatic heterocycles. The van der Waals surface area contributed by atoms with Crippen LogP contribution in [-0.2, 0) is 22.9 Å². The zero-order valence-electron chi connectivity index (χ0n) is 13.4. The minimum absolute atomic E-state index is 0.138. The third kappa shape index (κ3) is 3.54. The number of fused-ring (bicyclic) bond motifs is 3. The molecule has 2 bridgehead atoms. The molecule has 1 aromatic rings. The molecule has 3 rings (SSSR count). The summed E-state index contributed by atoms with van der Waals surface area (Å²) < 4.78 is 27.8. The van der Waals surface area contributed by atoms with Crippen molar-refractivity contribution in [2.24, 2.45) is 11.8 Å². The lowest BCUT2D eigenvalue weighted by atomic mass is 9.94. The second-order valence-electron chi connectivity index (χ2n) is 6.94. The Balaban J connectivity index is 1.71. The number of rotatable bonds is 6. The Hall–Kier alpha value is -0.870. The summed E-state index contributed by atoms with van der Waals surface area (Å²) in [4.78, 5) is 0. The fourth-order valence-corrected chi connectivity index (χ4v) is 5.65. The van der Waals surface area contributed by atoms with Gasteiger partial charge in [-0.1, -0.05) is 44.0 Å². The van der Waals surface area contributed by atoms with Crippen LogP contribution < -0.4 is 4.72 Å². The molecule has 0 heterocycles. The van der Waals surface area contributed by atoms with Crippen LogP contribution in [0.25, 0.3) is 0 Å². The lowest BCUT2D eigenvalue weighted by Gasteiger charge is -2.23. The van der Waals surface area contributed by atoms with E-state index in [0.717, 1.165) is 44.9 Å². The summed E-state index contributed by atoms with van der Waals surface area (Å²) in [7, 11) is -3.13. The Morgan fingerprint density at radius 2 is 1.64 bits per heavy atom. The van der Waals surface area contributed by atoms with Crippen LogP contribution in [0.5, 0.6) is 0 Å². The summed E-state index contributed by atoms with van der Waals surface area (Å²) in [5.74, 6) is 1.22. The molecule has 2 aliphatic rings. The highest BCUT2D eigenvalue weighted by Crippen LogP contribution is 2.40. The minimum Gasteiger partial charge on any atom is -0.212 e. The van der Waals surface area contributed by atoms with Crippen LogP contribution in [0, 0.1) is 11.8 Å². The molecule has 2 atom stereocenters. The maximum absolute atomic E-state index is 12.4. The average Bonchev–Trinajstić information content (AvgIpc) is 2.74. The van der Waals surface area contributed by atoms with Gasteiger partial charge in [-0.2, -0.15) is 0 Å². The Morgan fingerprint density at radius 1 is 1.05 bits per heavy atom. The molecule has 0 amide bonds. The monoisotopic (exact) mass is 321 g/mol. The summed E-state index contributed by atoms with van der Waals surface area (Å²) in [5.41, 5.74) is 2.84. The fraction of sp³-hybridized carbons (Fsp3) is 0.667. The molecule has 122 valence electrons. The standard InChI is InChI=1S/C18H27NO2S/c1-2-3-6-11-22(20,21)19-18-16-9-10-17(18)13-15-8-5-4-7-14(15)12-16/h4-5,7-8,16-19H,2-3,6,9-13H2,1H3. The van der Waals surface area contributed by atoms with Crippen LogP contribution in [0.15, 0.2) is 24.3 Å². The van der Waals surface area contributed by atoms with Crippen molar-refractivity contribution in [3.05, 3.63) is 35.4 Å². The molecule has 1 saturated carbocycles. The third-order valence-electron chi connectivity index (χ3n) is 5.34. The molecule has 0 radical (unpaired) electrons. The Labute approximate surface area is 134 Å². The van der Waals surface area contributed by atoms with E-state index >= 15 is 0 Å². The quantitative estimate of drug-likeness (QED) is 0.817. The summed E-state index contributed by atoms with van der Waals surface area (Å²) in [5, 5.41) is 0. The molecule has 4 heteroatoms. The van der Waals surface area contributed by atoms with Crippen molar-refractivity contribution in [3.63, 3.8) is 0 Å². The van der Waals surface area contributed by atoms with Crippen molar-refractivity contribution in [2.75, 3.05) is 5.75 Å². The van der Waals surface area contributed by atoms with Crippen LogP contribution in [0.4, 0.5) is 0 Å². The molecular formula is C18H27NO2S. The van der Waals surface area contributed by atoms with E-state index in [0.29, 0.717) is 11.8 Å². The van der Waals surface area contributed by atoms with Gasteiger partial charge in [0, 0.05) is 6.04 Å². The van der Waals surface area contributed by atoms with E-state index in [-0.39, 0.29) is 11.8 Å². The molecule has 1 N–H and O–H groups in total. The van der Waals surface area contributed by atoms with E-state index in [9.17, 15) is 8.42 Å². The van der Waals surface area contributed by atoms with Gasteiger partial charge < -0.3 is 0 Å². The molecule has 0 aliphatic heterocycles. The van der Waals surface area contributed by atoms with E-state index in [1.165, 1.54) is 11.1 Å². The first kappa shape index (κ1) is 16.0. The van der Waals surface area contributed by atoms with Gasteiger partial charge in [-0.25, -0.2) is 13.1 Å². The lowest BCUT2D eigenvalue weighted by Crippen LogP contribution is -2.42. The van der Waals surface area contributed by atoms with Gasteiger partial charge in [-0.05, 0) is 55.1 Å². The molecule has 0 saturated heterocycles. The van der Waals surface area contributed by atoms with Gasteiger partial charge >= 0.3 is 0 Å². The summed E-state index contributed by atoms with van der Waals surface area (Å²) in [6.45, 7) is 2.10. The first-order valence-electron chi connectivity index (χ1n) is 8.66. The first-order valence-corrected chi connectivity index (χ1v) is 10.3. The van der Waals surface area contributed by atoms with Crippen LogP contribution in [-0.4, -0.2) is 20.2 Å². The maximum atomic E-state index is 12.4. The molecule has 1 aromatic carbocycles. The van der Waals surface area contributed by atoms with Crippen molar-refractivity contribution in [1.82, 2.24) is 4.72 Å². The topological polar surface area (TPSA) is 46.2 Å². The van der Waals surface area contributed by atoms with Gasteiger partial charge in [0.25, 0.3) is 0 Å². The number of nitrogens with one attached hydrogen (secondary N) is 1. The molecule has 0 spiro atoms. The van der Waals surface area contributed by atoms with Crippen molar-refractivity contribution in [3.8, 4) is 0 Å². The normalized spacial score (nSPS) is 27.4. The zero-order chi connectivity index (χ0) is 15.6. The van der Waals surface area contributed by atoms with Gasteiger partial charge in [-0.15, -0.1) is 0 Å². The number of hydrogen-bond donors (Lipinski definition) is 1. The molecular weight excluding hydrogens is 294 g/mol. The highest BCUT2D eigenvalue weighted by Gasteiger charge is 2.40. The van der Waals surface area contributed by atoms with E-state index in [2.05, 4.69) is 35.9 Å². The predicted octanol–water partition coefficient (Wildman–Crippen LogP) is 3.29. The largest absolute Gasteiger partial charge is 0.212 e. The highest BCUT2D eigenvalue weighted by molar-refractivity contribution is 7.89. The van der Waals surface area contributed by atoms with Crippen molar-refractivity contribution < 1.29 is 8.42 Å². The van der Waals surface area contributed by atoms with Crippen LogP contribution >= 0.6 is 0 Å². The molecule has 3 nitrogen and oxygen atoms in total. The minimum atomic E-state index is -3.13. The summed E-state index contributed by atoms with van der Waals surface area (Å²) in [6.07, 6.45) is 7.17. The molecule has 22 heavy (non-hydrogen) atoms. The average molecular weight is 321 g/mol. The van der Waals surface area contributed by atoms with Crippen LogP contribution in [0.1, 0.15) is 50.2 Å². The van der Waals surface area contributed by atoms with Gasteiger partial charge in [0.1, 0.15) is 0 Å². The fourth-order valence-electron chi connectivity index (χ4n) is 4.15. The number of unbranched alkanes of at least 4 members (excludes halogenated alkanes) is 2. The van der Waals surface area contributed by atoms with Crippen LogP contribution in [0.3, 0.4) is 0 Å². The van der Waals surface area contributed by atoms with Crippen LogP contribution in [0.2, 0.25) is 0 Å². The number of benzene rings is 1. The van der Waals surface area contributed by atoms with E-state index in [1.807, 2.05) is 0 Å². The third-order valence-corrected chi connectivity index (χ3v) is 6.80. The second kappa shape index (κ2) is 6.71. The molecule has 1 fully saturated rings. The smallest absolute Gasteiger partial charge is 0.211 e. The lowest BCUT2D eigenvalue weighted by molar-refractivity contribution is 0.386. The molecule has 2 unspecified atom stereocenters. The Kier molecular flexibility index (Phi) is 4.88. The highest BCUT2D eigenvalue weighted by atomic mass is 32.2. The SMILES string of the molecule is CCCCCS(=O)(=O)NC1C2CCC1Cc1ccccc1C2. The zero-order valence-corrected chi connectivity index (χ0v) is 14.2.